The van der Waals surface area contributed by atoms with Crippen molar-refractivity contribution in [2.24, 2.45) is 0 Å². The third-order valence-electron chi connectivity index (χ3n) is 3.85. The minimum Gasteiger partial charge on any atom is -0.368 e. The lowest BCUT2D eigenvalue weighted by atomic mass is 10.0. The summed E-state index contributed by atoms with van der Waals surface area (Å²) in [6, 6.07) is 6.94. The van der Waals surface area contributed by atoms with Crippen molar-refractivity contribution in [1.29, 1.82) is 0 Å². The van der Waals surface area contributed by atoms with Crippen LogP contribution in [-0.4, -0.2) is 42.4 Å². The average Bonchev–Trinajstić information content (AvgIpc) is 2.99. The number of carbonyl (C=O) groups excluding carboxylic acids is 2. The van der Waals surface area contributed by atoms with E-state index in [1.165, 1.54) is 4.90 Å². The van der Waals surface area contributed by atoms with Gasteiger partial charge in [0.15, 0.2) is 5.78 Å². The fraction of sp³-hybridized carbons (Fsp3) is 0.500. The topological polar surface area (TPSA) is 46.6 Å². The minimum atomic E-state index is -0.477. The molecule has 20 heavy (non-hydrogen) atoms. The molecule has 0 aromatic heterocycles. The molecule has 0 spiro atoms. The fourth-order valence-corrected chi connectivity index (χ4v) is 2.33. The number of Topliss-reactive ketones (excluding diaryl/α,β-unsaturated/α-hetero) is 1. The Balaban J connectivity index is 2.05. The second kappa shape index (κ2) is 6.18. The van der Waals surface area contributed by atoms with Crippen molar-refractivity contribution in [3.63, 3.8) is 0 Å². The zero-order chi connectivity index (χ0) is 14.7. The molecule has 0 N–H and O–H groups in total. The van der Waals surface area contributed by atoms with Crippen LogP contribution in [0.25, 0.3) is 0 Å². The van der Waals surface area contributed by atoms with Crippen LogP contribution >= 0.6 is 0 Å². The normalized spacial score (nSPS) is 19.6. The van der Waals surface area contributed by atoms with Gasteiger partial charge >= 0.3 is 0 Å². The van der Waals surface area contributed by atoms with E-state index in [-0.39, 0.29) is 17.8 Å². The highest BCUT2D eigenvalue weighted by atomic mass is 16.5. The average molecular weight is 275 g/mol. The molecule has 0 radical (unpaired) electrons. The summed E-state index contributed by atoms with van der Waals surface area (Å²) in [7, 11) is 1.67. The summed E-state index contributed by atoms with van der Waals surface area (Å²) in [4.78, 5) is 26.1. The first-order valence-electron chi connectivity index (χ1n) is 7.00. The fourth-order valence-electron chi connectivity index (χ4n) is 2.33. The summed E-state index contributed by atoms with van der Waals surface area (Å²) in [5, 5.41) is 0. The largest absolute Gasteiger partial charge is 0.368 e. The molecule has 2 atom stereocenters. The molecular weight excluding hydrogens is 254 g/mol. The van der Waals surface area contributed by atoms with E-state index in [1.54, 1.807) is 26.1 Å². The van der Waals surface area contributed by atoms with Crippen LogP contribution in [-0.2, 0) is 9.53 Å². The van der Waals surface area contributed by atoms with Gasteiger partial charge < -0.3 is 9.64 Å². The molecule has 2 unspecified atom stereocenters. The van der Waals surface area contributed by atoms with E-state index >= 15 is 0 Å². The van der Waals surface area contributed by atoms with Crippen LogP contribution in [0, 0.1) is 6.92 Å². The summed E-state index contributed by atoms with van der Waals surface area (Å²) >= 11 is 0. The van der Waals surface area contributed by atoms with E-state index in [0.29, 0.717) is 12.2 Å². The van der Waals surface area contributed by atoms with Gasteiger partial charge in [-0.25, -0.2) is 0 Å². The Hall–Kier alpha value is -1.68. The summed E-state index contributed by atoms with van der Waals surface area (Å²) in [5.74, 6) is -0.144. The first-order valence-corrected chi connectivity index (χ1v) is 7.00. The van der Waals surface area contributed by atoms with Gasteiger partial charge in [0.2, 0.25) is 0 Å². The Morgan fingerprint density at radius 3 is 2.50 bits per heavy atom. The van der Waals surface area contributed by atoms with Gasteiger partial charge in [-0.1, -0.05) is 29.8 Å². The molecule has 1 heterocycles. The Morgan fingerprint density at radius 1 is 1.30 bits per heavy atom. The molecule has 4 nitrogen and oxygen atoms in total. The lowest BCUT2D eigenvalue weighted by Crippen LogP contribution is -2.45. The van der Waals surface area contributed by atoms with Crippen LogP contribution in [0.4, 0.5) is 0 Å². The number of likely N-dealkylation sites (N-methyl/N-ethyl adjacent to an activating group) is 1. The molecule has 1 aromatic carbocycles. The molecule has 1 aromatic rings. The number of hydrogen-bond donors (Lipinski definition) is 0. The Kier molecular flexibility index (Phi) is 4.55. The smallest absolute Gasteiger partial charge is 0.252 e. The molecule has 1 fully saturated rings. The number of benzene rings is 1. The lowest BCUT2D eigenvalue weighted by molar-refractivity contribution is -0.140. The standard InChI is InChI=1S/C16H21NO3/c1-11-6-8-13(9-7-11)15(18)12(2)17(3)16(19)14-5-4-10-20-14/h6-9,12,14H,4-5,10H2,1-3H3. The first-order chi connectivity index (χ1) is 9.50. The molecule has 108 valence electrons. The molecule has 1 saturated heterocycles. The van der Waals surface area contributed by atoms with E-state index in [1.807, 2.05) is 19.1 Å². The van der Waals surface area contributed by atoms with Crippen molar-refractivity contribution in [1.82, 2.24) is 4.90 Å². The van der Waals surface area contributed by atoms with E-state index in [9.17, 15) is 9.59 Å². The highest BCUT2D eigenvalue weighted by molar-refractivity contribution is 6.01. The highest BCUT2D eigenvalue weighted by Crippen LogP contribution is 2.17. The lowest BCUT2D eigenvalue weighted by Gasteiger charge is -2.26. The number of hydrogen-bond acceptors (Lipinski definition) is 3. The monoisotopic (exact) mass is 275 g/mol. The van der Waals surface area contributed by atoms with Gasteiger partial charge in [0, 0.05) is 19.2 Å². The number of ketones is 1. The predicted molar refractivity (Wildman–Crippen MR) is 76.7 cm³/mol. The van der Waals surface area contributed by atoms with Crippen LogP contribution < -0.4 is 0 Å². The second-order valence-corrected chi connectivity index (χ2v) is 5.36. The van der Waals surface area contributed by atoms with Crippen LogP contribution in [0.5, 0.6) is 0 Å². The zero-order valence-corrected chi connectivity index (χ0v) is 12.3. The van der Waals surface area contributed by atoms with Crippen molar-refractivity contribution in [3.05, 3.63) is 35.4 Å². The van der Waals surface area contributed by atoms with Gasteiger partial charge in [0.25, 0.3) is 5.91 Å². The van der Waals surface area contributed by atoms with Gasteiger partial charge in [-0.05, 0) is 26.7 Å². The third-order valence-corrected chi connectivity index (χ3v) is 3.85. The molecule has 0 saturated carbocycles. The van der Waals surface area contributed by atoms with Crippen molar-refractivity contribution in [2.45, 2.75) is 38.8 Å². The molecule has 0 aliphatic carbocycles. The molecule has 2 rings (SSSR count). The second-order valence-electron chi connectivity index (χ2n) is 5.36. The number of carbonyl (C=O) groups is 2. The molecule has 1 amide bonds. The van der Waals surface area contributed by atoms with Crippen LogP contribution in [0.3, 0.4) is 0 Å². The maximum absolute atomic E-state index is 12.4. The van der Waals surface area contributed by atoms with Crippen LogP contribution in [0.15, 0.2) is 24.3 Å². The Morgan fingerprint density at radius 2 is 1.95 bits per heavy atom. The SMILES string of the molecule is Cc1ccc(C(=O)C(C)N(C)C(=O)C2CCCO2)cc1. The van der Waals surface area contributed by atoms with Gasteiger partial charge in [-0.15, -0.1) is 0 Å². The zero-order valence-electron chi connectivity index (χ0n) is 12.3. The highest BCUT2D eigenvalue weighted by Gasteiger charge is 2.31. The van der Waals surface area contributed by atoms with E-state index in [2.05, 4.69) is 0 Å². The van der Waals surface area contributed by atoms with Gasteiger partial charge in [-0.2, -0.15) is 0 Å². The van der Waals surface area contributed by atoms with Crippen LogP contribution in [0.2, 0.25) is 0 Å². The molecule has 0 bridgehead atoms. The summed E-state index contributed by atoms with van der Waals surface area (Å²) in [5.41, 5.74) is 1.74. The van der Waals surface area contributed by atoms with Gasteiger partial charge in [-0.3, -0.25) is 9.59 Å². The molecular formula is C16H21NO3. The summed E-state index contributed by atoms with van der Waals surface area (Å²) in [6.07, 6.45) is 1.27. The quantitative estimate of drug-likeness (QED) is 0.791. The van der Waals surface area contributed by atoms with E-state index in [4.69, 9.17) is 4.74 Å². The maximum Gasteiger partial charge on any atom is 0.252 e. The van der Waals surface area contributed by atoms with Crippen molar-refractivity contribution < 1.29 is 14.3 Å². The van der Waals surface area contributed by atoms with Crippen molar-refractivity contribution in [3.8, 4) is 0 Å². The number of ether oxygens (including phenoxy) is 1. The summed E-state index contributed by atoms with van der Waals surface area (Å²) < 4.78 is 5.38. The number of rotatable bonds is 4. The molecule has 1 aliphatic heterocycles. The van der Waals surface area contributed by atoms with Crippen molar-refractivity contribution in [2.75, 3.05) is 13.7 Å². The predicted octanol–water partition coefficient (Wildman–Crippen LogP) is 2.20. The Bertz CT molecular complexity index is 489. The van der Waals surface area contributed by atoms with Gasteiger partial charge in [0.05, 0.1) is 6.04 Å². The third kappa shape index (κ3) is 3.07. The summed E-state index contributed by atoms with van der Waals surface area (Å²) in [6.45, 7) is 4.37. The van der Waals surface area contributed by atoms with Gasteiger partial charge in [0.1, 0.15) is 6.10 Å². The minimum absolute atomic E-state index is 0.0427. The van der Waals surface area contributed by atoms with Crippen LogP contribution in [0.1, 0.15) is 35.7 Å². The number of aryl methyl sites for hydroxylation is 1. The first kappa shape index (κ1) is 14.7. The number of amides is 1. The molecule has 4 heteroatoms. The Labute approximate surface area is 119 Å². The van der Waals surface area contributed by atoms with Crippen molar-refractivity contribution >= 4 is 11.7 Å². The number of nitrogens with zero attached hydrogens (tertiary/aromatic N) is 1. The molecule has 1 aliphatic rings. The van der Waals surface area contributed by atoms with E-state index in [0.717, 1.165) is 18.4 Å². The van der Waals surface area contributed by atoms with E-state index < -0.39 is 6.04 Å². The maximum atomic E-state index is 12.4.